The Balaban J connectivity index is 2.24. The Morgan fingerprint density at radius 2 is 2.64 bits per heavy atom. The number of amides is 1. The molecular formula is C7H12N2O2. The summed E-state index contributed by atoms with van der Waals surface area (Å²) in [4.78, 5) is 10.7. The van der Waals surface area contributed by atoms with Crippen LogP contribution >= 0.6 is 0 Å². The van der Waals surface area contributed by atoms with Crippen LogP contribution in [0.2, 0.25) is 0 Å². The van der Waals surface area contributed by atoms with Gasteiger partial charge >= 0.3 is 0 Å². The van der Waals surface area contributed by atoms with Crippen LogP contribution in [0.15, 0.2) is 12.7 Å². The molecule has 4 heteroatoms. The van der Waals surface area contributed by atoms with E-state index in [1.54, 1.807) is 0 Å². The molecule has 1 aliphatic rings. The molecule has 1 atom stereocenters. The molecule has 0 aliphatic carbocycles. The van der Waals surface area contributed by atoms with Crippen LogP contribution in [0.25, 0.3) is 0 Å². The van der Waals surface area contributed by atoms with Crippen LogP contribution in [-0.4, -0.2) is 31.8 Å². The predicted octanol–water partition coefficient (Wildman–Crippen LogP) is -0.766. The van der Waals surface area contributed by atoms with E-state index < -0.39 is 0 Å². The second-order valence-electron chi connectivity index (χ2n) is 2.28. The quantitative estimate of drug-likeness (QED) is 0.516. The van der Waals surface area contributed by atoms with Crippen molar-refractivity contribution in [2.24, 2.45) is 0 Å². The lowest BCUT2D eigenvalue weighted by Crippen LogP contribution is -2.48. The molecule has 0 spiro atoms. The highest BCUT2D eigenvalue weighted by Crippen LogP contribution is 1.90. The Hall–Kier alpha value is -0.870. The summed E-state index contributed by atoms with van der Waals surface area (Å²) >= 11 is 0. The molecule has 0 aromatic heterocycles. The number of ether oxygens (including phenoxy) is 1. The number of nitrogens with one attached hydrogen (secondary N) is 2. The minimum atomic E-state index is -0.200. The summed E-state index contributed by atoms with van der Waals surface area (Å²) in [5.41, 5.74) is 0. The van der Waals surface area contributed by atoms with E-state index >= 15 is 0 Å². The lowest BCUT2D eigenvalue weighted by molar-refractivity contribution is -0.121. The molecule has 0 saturated carbocycles. The van der Waals surface area contributed by atoms with Gasteiger partial charge in [-0.2, -0.15) is 0 Å². The first-order valence-electron chi connectivity index (χ1n) is 3.58. The third-order valence-electron chi connectivity index (χ3n) is 1.42. The lowest BCUT2D eigenvalue weighted by atomic mass is 10.4. The van der Waals surface area contributed by atoms with Gasteiger partial charge in [0.2, 0.25) is 5.91 Å². The Morgan fingerprint density at radius 1 is 1.82 bits per heavy atom. The average molecular weight is 156 g/mol. The van der Waals surface area contributed by atoms with Crippen LogP contribution in [0, 0.1) is 0 Å². The summed E-state index contributed by atoms with van der Waals surface area (Å²) in [5.74, 6) is -0.196. The Bertz CT molecular complexity index is 153. The van der Waals surface area contributed by atoms with E-state index in [0.29, 0.717) is 13.2 Å². The molecule has 1 unspecified atom stereocenters. The summed E-state index contributed by atoms with van der Waals surface area (Å²) < 4.78 is 5.21. The second kappa shape index (κ2) is 4.10. The van der Waals surface area contributed by atoms with Crippen molar-refractivity contribution in [3.8, 4) is 0 Å². The third kappa shape index (κ3) is 2.69. The van der Waals surface area contributed by atoms with E-state index in [4.69, 9.17) is 4.74 Å². The molecule has 1 amide bonds. The minimum Gasteiger partial charge on any atom is -0.356 e. The van der Waals surface area contributed by atoms with Crippen molar-refractivity contribution >= 4 is 5.91 Å². The average Bonchev–Trinajstić information content (AvgIpc) is 2.06. The molecular weight excluding hydrogens is 144 g/mol. The molecule has 1 fully saturated rings. The van der Waals surface area contributed by atoms with Crippen molar-refractivity contribution < 1.29 is 9.53 Å². The number of carbonyl (C=O) groups excluding carboxylic acids is 1. The summed E-state index contributed by atoms with van der Waals surface area (Å²) in [5, 5.41) is 5.72. The highest BCUT2D eigenvalue weighted by Gasteiger charge is 2.13. The maximum Gasteiger partial charge on any atom is 0.245 e. The first-order valence-corrected chi connectivity index (χ1v) is 3.58. The van der Waals surface area contributed by atoms with Crippen molar-refractivity contribution in [2.45, 2.75) is 6.23 Å². The topological polar surface area (TPSA) is 50.4 Å². The van der Waals surface area contributed by atoms with Gasteiger partial charge in [-0.15, -0.1) is 0 Å². The number of hydrogen-bond donors (Lipinski definition) is 2. The van der Waals surface area contributed by atoms with Crippen LogP contribution in [0.3, 0.4) is 0 Å². The van der Waals surface area contributed by atoms with Crippen LogP contribution in [0.5, 0.6) is 0 Å². The zero-order valence-electron chi connectivity index (χ0n) is 6.30. The van der Waals surface area contributed by atoms with Gasteiger partial charge in [0, 0.05) is 13.1 Å². The summed E-state index contributed by atoms with van der Waals surface area (Å²) in [7, 11) is 0. The SMILES string of the molecule is C=CC(=O)NC1CNCCO1. The molecule has 2 N–H and O–H groups in total. The predicted molar refractivity (Wildman–Crippen MR) is 40.9 cm³/mol. The van der Waals surface area contributed by atoms with E-state index in [1.165, 1.54) is 6.08 Å². The zero-order chi connectivity index (χ0) is 8.10. The van der Waals surface area contributed by atoms with Gasteiger partial charge in [-0.1, -0.05) is 6.58 Å². The van der Waals surface area contributed by atoms with Crippen LogP contribution in [-0.2, 0) is 9.53 Å². The highest BCUT2D eigenvalue weighted by molar-refractivity contribution is 5.86. The fraction of sp³-hybridized carbons (Fsp3) is 0.571. The number of morpholine rings is 1. The molecule has 62 valence electrons. The molecule has 1 heterocycles. The third-order valence-corrected chi connectivity index (χ3v) is 1.42. The van der Waals surface area contributed by atoms with Gasteiger partial charge in [-0.05, 0) is 6.08 Å². The first-order chi connectivity index (χ1) is 5.33. The van der Waals surface area contributed by atoms with E-state index in [2.05, 4.69) is 17.2 Å². The van der Waals surface area contributed by atoms with Crippen molar-refractivity contribution in [1.82, 2.24) is 10.6 Å². The second-order valence-corrected chi connectivity index (χ2v) is 2.28. The number of hydrogen-bond acceptors (Lipinski definition) is 3. The number of rotatable bonds is 2. The molecule has 0 radical (unpaired) electrons. The largest absolute Gasteiger partial charge is 0.356 e. The van der Waals surface area contributed by atoms with Crippen molar-refractivity contribution in [1.29, 1.82) is 0 Å². The Labute approximate surface area is 65.6 Å². The molecule has 0 aromatic carbocycles. The first kappa shape index (κ1) is 8.23. The minimum absolute atomic E-state index is 0.196. The van der Waals surface area contributed by atoms with Gasteiger partial charge in [-0.25, -0.2) is 0 Å². The standard InChI is InChI=1S/C7H12N2O2/c1-2-6(10)9-7-5-8-3-4-11-7/h2,7-8H,1,3-5H2,(H,9,10). The normalized spacial score (nSPS) is 24.2. The lowest BCUT2D eigenvalue weighted by Gasteiger charge is -2.23. The number of carbonyl (C=O) groups is 1. The molecule has 11 heavy (non-hydrogen) atoms. The van der Waals surface area contributed by atoms with Crippen LogP contribution in [0.1, 0.15) is 0 Å². The van der Waals surface area contributed by atoms with Crippen LogP contribution in [0.4, 0.5) is 0 Å². The van der Waals surface area contributed by atoms with Gasteiger partial charge in [0.25, 0.3) is 0 Å². The van der Waals surface area contributed by atoms with E-state index in [0.717, 1.165) is 6.54 Å². The smallest absolute Gasteiger partial charge is 0.245 e. The molecule has 1 aliphatic heterocycles. The molecule has 4 nitrogen and oxygen atoms in total. The highest BCUT2D eigenvalue weighted by atomic mass is 16.5. The maximum atomic E-state index is 10.7. The summed E-state index contributed by atoms with van der Waals surface area (Å²) in [6.07, 6.45) is 1.03. The molecule has 1 rings (SSSR count). The van der Waals surface area contributed by atoms with Gasteiger partial charge in [0.05, 0.1) is 6.61 Å². The maximum absolute atomic E-state index is 10.7. The van der Waals surface area contributed by atoms with Crippen molar-refractivity contribution in [3.63, 3.8) is 0 Å². The van der Waals surface area contributed by atoms with Gasteiger partial charge in [0.1, 0.15) is 6.23 Å². The van der Waals surface area contributed by atoms with Gasteiger partial charge < -0.3 is 15.4 Å². The zero-order valence-corrected chi connectivity index (χ0v) is 6.30. The summed E-state index contributed by atoms with van der Waals surface area (Å²) in [6.45, 7) is 5.49. The Morgan fingerprint density at radius 3 is 3.18 bits per heavy atom. The van der Waals surface area contributed by atoms with E-state index in [-0.39, 0.29) is 12.1 Å². The monoisotopic (exact) mass is 156 g/mol. The fourth-order valence-corrected chi connectivity index (χ4v) is 0.876. The Kier molecular flexibility index (Phi) is 3.07. The fourth-order valence-electron chi connectivity index (χ4n) is 0.876. The molecule has 1 saturated heterocycles. The van der Waals surface area contributed by atoms with Crippen LogP contribution < -0.4 is 10.6 Å². The van der Waals surface area contributed by atoms with Crippen molar-refractivity contribution in [3.05, 3.63) is 12.7 Å². The summed E-state index contributed by atoms with van der Waals surface area (Å²) in [6, 6.07) is 0. The van der Waals surface area contributed by atoms with Gasteiger partial charge in [0.15, 0.2) is 0 Å². The molecule has 0 aromatic rings. The van der Waals surface area contributed by atoms with E-state index in [9.17, 15) is 4.79 Å². The molecule has 0 bridgehead atoms. The van der Waals surface area contributed by atoms with E-state index in [1.807, 2.05) is 0 Å². The van der Waals surface area contributed by atoms with Crippen molar-refractivity contribution in [2.75, 3.05) is 19.7 Å². The van der Waals surface area contributed by atoms with Gasteiger partial charge in [-0.3, -0.25) is 4.79 Å².